The zero-order chi connectivity index (χ0) is 95.5. The normalized spacial score (nSPS) is 16.4. The fourth-order valence-electron chi connectivity index (χ4n) is 15.8. The molecule has 0 unspecified atom stereocenters. The number of nitrogens with one attached hydrogen (secondary N) is 5. The molecule has 6 saturated carbocycles. The molecule has 9 fully saturated rings. The lowest BCUT2D eigenvalue weighted by molar-refractivity contribution is -0.161. The molecule has 14 aromatic rings. The number of fused-ring (bicyclic) bond motifs is 6. The van der Waals surface area contributed by atoms with Crippen LogP contribution in [0.5, 0.6) is 11.8 Å². The van der Waals surface area contributed by atoms with Gasteiger partial charge in [-0.3, -0.25) is 37.0 Å². The Morgan fingerprint density at radius 2 is 0.825 bits per heavy atom. The van der Waals surface area contributed by atoms with Gasteiger partial charge in [0.15, 0.2) is 71.6 Å². The number of aromatic carboxylic acids is 1. The number of aromatic amines is 3. The van der Waals surface area contributed by atoms with Gasteiger partial charge < -0.3 is 82.4 Å². The van der Waals surface area contributed by atoms with E-state index in [1.54, 1.807) is 27.5 Å². The number of hydrogen-bond donors (Lipinski definition) is 10. The first kappa shape index (κ1) is 102. The molecule has 0 atom stereocenters. The summed E-state index contributed by atoms with van der Waals surface area (Å²) in [6, 6.07) is 25.5. The monoisotopic (exact) mass is 1960 g/mol. The van der Waals surface area contributed by atoms with E-state index >= 15 is 0 Å². The van der Waals surface area contributed by atoms with E-state index in [0.717, 1.165) is 149 Å². The molecule has 23 rings (SSSR count). The fraction of sp³-hybridized carbons (Fsp3) is 0.473. The highest BCUT2D eigenvalue weighted by Crippen LogP contribution is 2.42. The summed E-state index contributed by atoms with van der Waals surface area (Å²) in [5.74, 6) is 1.65. The van der Waals surface area contributed by atoms with Crippen molar-refractivity contribution in [3.63, 3.8) is 0 Å². The number of methoxy groups -OCH3 is 4. The Labute approximate surface area is 806 Å². The molecule has 0 radical (unpaired) electrons. The third-order valence-electron chi connectivity index (χ3n) is 24.2. The zero-order valence-corrected chi connectivity index (χ0v) is 78.4. The van der Waals surface area contributed by atoms with Crippen LogP contribution >= 0.6 is 46.4 Å². The second-order valence-corrected chi connectivity index (χ2v) is 35.7. The number of halogens is 4. The minimum atomic E-state index is -1.05. The second-order valence-electron chi connectivity index (χ2n) is 34.3. The van der Waals surface area contributed by atoms with Crippen molar-refractivity contribution in [2.24, 2.45) is 17.4 Å². The number of piperidine rings is 3. The molecule has 137 heavy (non-hydrogen) atoms. The van der Waals surface area contributed by atoms with Gasteiger partial charge in [0, 0.05) is 81.6 Å². The molecule has 730 valence electrons. The number of anilines is 5. The summed E-state index contributed by atoms with van der Waals surface area (Å²) in [5, 5.41) is 17.0. The SMILES string of the molecule is C.C.COC(=O)C(C)(C)OC.COc1nc2c(Cl)ncnc2n(C2CC2)c1=O.COc1nc2c(N3CCC(n4c(=O)[nH]c5ccccc54)CC3)ncnc2n(C2CC2)c1=O.NC1CC1.NCC1CC1.Nc1c(Cl)ncnc1Cl.Nc1c(Cl)ncnc1NC1CC1.O=C(O)c1nc2c(N3CCC(n4c(=O)[nH]c5ccccc54)CC3)ncnc2n1C1CC1.O=c1[nH]c2ccccc2n1C1CCNCC1. The first-order chi connectivity index (χ1) is 65.2. The molecule has 46 heteroatoms. The van der Waals surface area contributed by atoms with Gasteiger partial charge in [-0.2, -0.15) is 0 Å². The zero-order valence-electron chi connectivity index (χ0n) is 75.3. The number of nitrogen functional groups attached to an aromatic ring is 2. The van der Waals surface area contributed by atoms with Crippen molar-refractivity contribution < 1.29 is 33.6 Å². The number of carboxylic acid groups (broad SMARTS) is 1. The summed E-state index contributed by atoms with van der Waals surface area (Å²) in [6.45, 7) is 9.04. The van der Waals surface area contributed by atoms with E-state index in [0.29, 0.717) is 93.0 Å². The van der Waals surface area contributed by atoms with Crippen molar-refractivity contribution in [3.8, 4) is 11.8 Å². The van der Waals surface area contributed by atoms with E-state index < -0.39 is 11.6 Å². The Kier molecular flexibility index (Phi) is 33.7. The molecule has 14 heterocycles. The summed E-state index contributed by atoms with van der Waals surface area (Å²) >= 11 is 22.6. The maximum absolute atomic E-state index is 12.8. The number of para-hydroxylation sites is 6. The van der Waals surface area contributed by atoms with Crippen LogP contribution in [0.15, 0.2) is 128 Å². The van der Waals surface area contributed by atoms with Crippen LogP contribution < -0.4 is 81.0 Å². The lowest BCUT2D eigenvalue weighted by Crippen LogP contribution is -2.38. The highest BCUT2D eigenvalue weighted by atomic mass is 35.5. The molecular weight excluding hydrogens is 1850 g/mol. The minimum Gasteiger partial charge on any atom is -0.477 e. The maximum Gasteiger partial charge on any atom is 0.372 e. The van der Waals surface area contributed by atoms with Gasteiger partial charge in [-0.25, -0.2) is 88.8 Å². The molecule has 14 N–H and O–H groups in total. The van der Waals surface area contributed by atoms with Gasteiger partial charge >= 0.3 is 40.1 Å². The number of imidazole rings is 4. The Bertz CT molecular complexity index is 6850. The number of esters is 1. The van der Waals surface area contributed by atoms with Crippen LogP contribution in [-0.2, 0) is 14.3 Å². The quantitative estimate of drug-likeness (QED) is 0.0317. The largest absolute Gasteiger partial charge is 0.477 e. The van der Waals surface area contributed by atoms with Gasteiger partial charge in [-0.1, -0.05) is 97.7 Å². The maximum atomic E-state index is 12.8. The highest BCUT2D eigenvalue weighted by Gasteiger charge is 2.37. The molecule has 11 aromatic heterocycles. The van der Waals surface area contributed by atoms with Crippen molar-refractivity contribution >= 4 is 154 Å². The number of nitrogens with two attached hydrogens (primary N) is 4. The molecule has 3 aliphatic heterocycles. The van der Waals surface area contributed by atoms with Gasteiger partial charge in [-0.15, -0.1) is 0 Å². The lowest BCUT2D eigenvalue weighted by Gasteiger charge is -2.33. The number of nitrogens with zero attached hydrogens (tertiary/aromatic N) is 21. The third kappa shape index (κ3) is 24.2. The number of H-pyrrole nitrogens is 3. The first-order valence-electron chi connectivity index (χ1n) is 44.8. The highest BCUT2D eigenvalue weighted by molar-refractivity contribution is 6.37. The van der Waals surface area contributed by atoms with E-state index in [1.807, 2.05) is 86.5 Å². The topological polar surface area (TPSA) is 556 Å². The molecular formula is C91H116Cl4N30O12. The summed E-state index contributed by atoms with van der Waals surface area (Å²) in [5.41, 5.74) is 29.2. The molecule has 9 aliphatic rings. The number of benzene rings is 3. The van der Waals surface area contributed by atoms with E-state index in [2.05, 4.69) is 105 Å². The molecule has 42 nitrogen and oxygen atoms in total. The first-order valence-corrected chi connectivity index (χ1v) is 46.3. The Morgan fingerprint density at radius 1 is 0.460 bits per heavy atom. The number of aromatic nitrogens is 22. The van der Waals surface area contributed by atoms with Crippen LogP contribution in [0.4, 0.5) is 28.8 Å². The lowest BCUT2D eigenvalue weighted by atomic mass is 10.0. The standard InChI is InChI=1S/C22H23N7O3.C21H21N7O3.C12H15N3O.C10H9ClN4O2.C7H9ClN4.C6H12O3.C4H3Cl2N3.C4H9N.C3H7N.2CH4/c1-32-20-21(30)29(13-6-7-13)19-17(26-20)18(23-12-24-19)27-10-8-14(9-11-27)28-16-5-3-2-4-15(16)25-22(28)31;29-20(30)19-25-16-17(22-11-23-18(16)28(19)12-5-6-12)26-9-7-13(8-10-26)27-15-4-2-1-3-14(15)24-21(27)31;16-12-14-10-3-1-2-4-11(10)15(12)9-5-7-13-8-6-9;1-17-9-10(16)15(5-2-3-5)8-6(14-9)7(11)12-4-13-8;8-6-5(9)7(11-3-10-6)12-4-1-2-4;1-6(2,9-4)5(7)8-3;5-3-2(7)4(6)9-1-8-3;5-3-4-1-2-4;4-3-1-2-3;;/h2-5,12-14H,6-11H2,1H3,(H,25,31);1-4,11-13H,5-10H2,(H,24,31)(H,29,30);1-4,9,13H,5-8H2,(H,14,16);4-5H,2-3H2,1H3;3-4H,1-2,9H2,(H,10,11,12);1-4H3;1H,7H2;4H,1-3,5H2;3H,1-2,4H2;2*1H4. The predicted octanol–water partition coefficient (Wildman–Crippen LogP) is 11.8. The van der Waals surface area contributed by atoms with Crippen LogP contribution in [0, 0.1) is 5.92 Å². The molecule has 3 aromatic carbocycles. The molecule has 6 aliphatic carbocycles. The summed E-state index contributed by atoms with van der Waals surface area (Å²) in [4.78, 5) is 151. The molecule has 0 bridgehead atoms. The summed E-state index contributed by atoms with van der Waals surface area (Å²) in [6.07, 6.45) is 25.6. The number of hydrogen-bond acceptors (Lipinski definition) is 32. The van der Waals surface area contributed by atoms with Gasteiger partial charge in [0.1, 0.15) is 48.5 Å². The van der Waals surface area contributed by atoms with Crippen molar-refractivity contribution in [1.29, 1.82) is 0 Å². The van der Waals surface area contributed by atoms with Crippen molar-refractivity contribution in [2.45, 2.75) is 198 Å². The Balaban J connectivity index is 0.000000139. The van der Waals surface area contributed by atoms with E-state index in [4.69, 9.17) is 83.5 Å². The third-order valence-corrected chi connectivity index (χ3v) is 25.4. The average Bonchev–Trinajstić information content (AvgIpc) is 1.52. The van der Waals surface area contributed by atoms with Crippen molar-refractivity contribution in [3.05, 3.63) is 183 Å². The van der Waals surface area contributed by atoms with Gasteiger partial charge in [-0.05, 0) is 191 Å². The smallest absolute Gasteiger partial charge is 0.372 e. The number of carbonyl (C=O) groups is 2. The number of carbonyl (C=O) groups excluding carboxylic acids is 1. The Hall–Kier alpha value is -12.8. The van der Waals surface area contributed by atoms with E-state index in [9.17, 15) is 38.7 Å². The number of rotatable bonds is 16. The van der Waals surface area contributed by atoms with Crippen LogP contribution in [0.2, 0.25) is 20.6 Å². The van der Waals surface area contributed by atoms with E-state index in [1.165, 1.54) is 98.6 Å². The average molecular weight is 1960 g/mol. The molecule has 3 saturated heterocycles. The second kappa shape index (κ2) is 45.4. The van der Waals surface area contributed by atoms with Crippen LogP contribution in [0.1, 0.15) is 191 Å². The Morgan fingerprint density at radius 3 is 1.20 bits per heavy atom. The summed E-state index contributed by atoms with van der Waals surface area (Å²) in [7, 11) is 5.67. The fourth-order valence-corrected chi connectivity index (χ4v) is 16.5. The van der Waals surface area contributed by atoms with Gasteiger partial charge in [0.05, 0.1) is 54.4 Å². The van der Waals surface area contributed by atoms with Crippen molar-refractivity contribution in [2.75, 3.05) is 101 Å². The summed E-state index contributed by atoms with van der Waals surface area (Å²) < 4.78 is 30.2. The van der Waals surface area contributed by atoms with Crippen molar-refractivity contribution in [1.82, 2.24) is 112 Å². The van der Waals surface area contributed by atoms with Gasteiger partial charge in [0.25, 0.3) is 11.8 Å². The number of ether oxygens (including phenoxy) is 4. The van der Waals surface area contributed by atoms with Crippen LogP contribution in [0.3, 0.4) is 0 Å². The number of carboxylic acids is 1. The molecule has 0 amide bonds. The van der Waals surface area contributed by atoms with Gasteiger partial charge in [0.2, 0.25) is 5.82 Å². The molecule has 0 spiro atoms. The minimum absolute atomic E-state index is 0. The van der Waals surface area contributed by atoms with Crippen LogP contribution in [-0.4, -0.2) is 216 Å². The van der Waals surface area contributed by atoms with Crippen LogP contribution in [0.25, 0.3) is 66.6 Å². The predicted molar refractivity (Wildman–Crippen MR) is 528 cm³/mol. The van der Waals surface area contributed by atoms with E-state index in [-0.39, 0.29) is 118 Å².